The van der Waals surface area contributed by atoms with E-state index in [9.17, 15) is 4.79 Å². The predicted octanol–water partition coefficient (Wildman–Crippen LogP) is 2.84. The lowest BCUT2D eigenvalue weighted by Gasteiger charge is -2.14. The van der Waals surface area contributed by atoms with Crippen molar-refractivity contribution in [3.63, 3.8) is 0 Å². The van der Waals surface area contributed by atoms with Gasteiger partial charge in [0.2, 0.25) is 0 Å². The van der Waals surface area contributed by atoms with E-state index in [-0.39, 0.29) is 12.1 Å². The van der Waals surface area contributed by atoms with E-state index in [1.807, 2.05) is 37.3 Å². The first-order chi connectivity index (χ1) is 10.2. The average Bonchev–Trinajstić information content (AvgIpc) is 2.95. The number of hydrogen-bond acceptors (Lipinski definition) is 3. The highest BCUT2D eigenvalue weighted by atomic mass is 16.2. The van der Waals surface area contributed by atoms with Crippen molar-refractivity contribution in [2.24, 2.45) is 0 Å². The van der Waals surface area contributed by atoms with Crippen molar-refractivity contribution < 1.29 is 4.79 Å². The van der Waals surface area contributed by atoms with Crippen molar-refractivity contribution in [3.8, 4) is 0 Å². The van der Waals surface area contributed by atoms with Crippen molar-refractivity contribution in [3.05, 3.63) is 54.5 Å². The molecular weight excluding hydrogens is 266 g/mol. The molecular formula is C15H15N5O. The second-order valence-corrected chi connectivity index (χ2v) is 4.77. The van der Waals surface area contributed by atoms with Gasteiger partial charge in [0.15, 0.2) is 0 Å². The Morgan fingerprint density at radius 2 is 2.05 bits per heavy atom. The number of nitrogens with zero attached hydrogens (tertiary/aromatic N) is 2. The van der Waals surface area contributed by atoms with Gasteiger partial charge in [0.05, 0.1) is 17.8 Å². The lowest BCUT2D eigenvalue weighted by atomic mass is 10.1. The molecule has 0 spiro atoms. The van der Waals surface area contributed by atoms with E-state index in [1.54, 1.807) is 18.6 Å². The molecule has 106 valence electrons. The van der Waals surface area contributed by atoms with Crippen LogP contribution in [0.3, 0.4) is 0 Å². The average molecular weight is 281 g/mol. The van der Waals surface area contributed by atoms with Crippen molar-refractivity contribution in [1.29, 1.82) is 0 Å². The van der Waals surface area contributed by atoms with E-state index < -0.39 is 0 Å². The summed E-state index contributed by atoms with van der Waals surface area (Å²) >= 11 is 0. The Kier molecular flexibility index (Phi) is 3.51. The number of amides is 2. The predicted molar refractivity (Wildman–Crippen MR) is 80.9 cm³/mol. The number of anilines is 1. The molecule has 6 heteroatoms. The lowest BCUT2D eigenvalue weighted by Crippen LogP contribution is -2.31. The smallest absolute Gasteiger partial charge is 0.319 e. The first-order valence-electron chi connectivity index (χ1n) is 6.63. The van der Waals surface area contributed by atoms with Gasteiger partial charge in [0.25, 0.3) is 0 Å². The number of urea groups is 1. The third-order valence-electron chi connectivity index (χ3n) is 3.25. The number of benzene rings is 1. The summed E-state index contributed by atoms with van der Waals surface area (Å²) in [6, 6.07) is 9.00. The van der Waals surface area contributed by atoms with Crippen molar-refractivity contribution in [2.45, 2.75) is 13.0 Å². The first-order valence-corrected chi connectivity index (χ1v) is 6.63. The van der Waals surface area contributed by atoms with E-state index in [0.717, 1.165) is 22.2 Å². The summed E-state index contributed by atoms with van der Waals surface area (Å²) < 4.78 is 0. The van der Waals surface area contributed by atoms with Gasteiger partial charge >= 0.3 is 6.03 Å². The van der Waals surface area contributed by atoms with E-state index in [0.29, 0.717) is 0 Å². The van der Waals surface area contributed by atoms with Crippen LogP contribution in [-0.4, -0.2) is 21.2 Å². The molecule has 0 bridgehead atoms. The Bertz CT molecular complexity index is 753. The van der Waals surface area contributed by atoms with E-state index >= 15 is 0 Å². The number of rotatable bonds is 3. The van der Waals surface area contributed by atoms with Crippen LogP contribution in [0.2, 0.25) is 0 Å². The van der Waals surface area contributed by atoms with Crippen LogP contribution in [0, 0.1) is 0 Å². The fourth-order valence-electron chi connectivity index (χ4n) is 2.12. The standard InChI is InChI=1S/C15H15N5O/c1-10(11-4-6-16-7-5-11)18-15(21)19-13-2-3-14-12(8-13)9-17-20-14/h2-10H,1H3,(H,17,20)(H2,18,19,21). The fraction of sp³-hybridized carbons (Fsp3) is 0.133. The summed E-state index contributed by atoms with van der Waals surface area (Å²) in [6.45, 7) is 1.92. The summed E-state index contributed by atoms with van der Waals surface area (Å²) in [4.78, 5) is 16.0. The molecule has 0 radical (unpaired) electrons. The topological polar surface area (TPSA) is 82.7 Å². The van der Waals surface area contributed by atoms with Crippen LogP contribution in [0.15, 0.2) is 48.9 Å². The summed E-state index contributed by atoms with van der Waals surface area (Å²) in [5.74, 6) is 0. The van der Waals surface area contributed by atoms with E-state index in [1.165, 1.54) is 0 Å². The zero-order valence-electron chi connectivity index (χ0n) is 11.5. The maximum atomic E-state index is 12.0. The number of fused-ring (bicyclic) bond motifs is 1. The number of pyridine rings is 1. The van der Waals surface area contributed by atoms with E-state index in [4.69, 9.17) is 0 Å². The van der Waals surface area contributed by atoms with Gasteiger partial charge in [-0.15, -0.1) is 0 Å². The van der Waals surface area contributed by atoms with Gasteiger partial charge in [0, 0.05) is 23.5 Å². The SMILES string of the molecule is CC(NC(=O)Nc1ccc2[nH]ncc2c1)c1ccncc1. The lowest BCUT2D eigenvalue weighted by molar-refractivity contribution is 0.249. The summed E-state index contributed by atoms with van der Waals surface area (Å²) in [5, 5.41) is 13.5. The third-order valence-corrected chi connectivity index (χ3v) is 3.25. The molecule has 6 nitrogen and oxygen atoms in total. The number of hydrogen-bond donors (Lipinski definition) is 3. The van der Waals surface area contributed by atoms with Gasteiger partial charge in [-0.05, 0) is 42.8 Å². The van der Waals surface area contributed by atoms with Crippen LogP contribution < -0.4 is 10.6 Å². The Hall–Kier alpha value is -2.89. The minimum Gasteiger partial charge on any atom is -0.331 e. The highest BCUT2D eigenvalue weighted by Gasteiger charge is 2.09. The number of aromatic amines is 1. The van der Waals surface area contributed by atoms with Crippen LogP contribution in [-0.2, 0) is 0 Å². The number of nitrogens with one attached hydrogen (secondary N) is 3. The highest BCUT2D eigenvalue weighted by molar-refractivity contribution is 5.92. The Morgan fingerprint density at radius 3 is 2.86 bits per heavy atom. The molecule has 2 aromatic heterocycles. The highest BCUT2D eigenvalue weighted by Crippen LogP contribution is 2.17. The van der Waals surface area contributed by atoms with Gasteiger partial charge in [-0.1, -0.05) is 0 Å². The van der Waals surface area contributed by atoms with Crippen LogP contribution >= 0.6 is 0 Å². The zero-order chi connectivity index (χ0) is 14.7. The Morgan fingerprint density at radius 1 is 1.24 bits per heavy atom. The van der Waals surface area contributed by atoms with Gasteiger partial charge in [-0.2, -0.15) is 5.10 Å². The fourth-order valence-corrected chi connectivity index (χ4v) is 2.12. The minimum absolute atomic E-state index is 0.0920. The van der Waals surface area contributed by atoms with Crippen molar-refractivity contribution in [1.82, 2.24) is 20.5 Å². The first kappa shape index (κ1) is 13.1. The molecule has 0 aliphatic heterocycles. The summed E-state index contributed by atoms with van der Waals surface area (Å²) in [7, 11) is 0. The molecule has 3 aromatic rings. The number of carbonyl (C=O) groups excluding carboxylic acids is 1. The molecule has 0 aliphatic rings. The second kappa shape index (κ2) is 5.62. The minimum atomic E-state index is -0.248. The molecule has 0 saturated carbocycles. The van der Waals surface area contributed by atoms with Gasteiger partial charge in [-0.3, -0.25) is 10.1 Å². The van der Waals surface area contributed by atoms with Crippen LogP contribution in [0.25, 0.3) is 10.9 Å². The Labute approximate surface area is 121 Å². The van der Waals surface area contributed by atoms with Gasteiger partial charge < -0.3 is 10.6 Å². The normalized spacial score (nSPS) is 12.0. The molecule has 0 aliphatic carbocycles. The molecule has 1 atom stereocenters. The van der Waals surface area contributed by atoms with Gasteiger partial charge in [-0.25, -0.2) is 4.79 Å². The van der Waals surface area contributed by atoms with Crippen LogP contribution in [0.1, 0.15) is 18.5 Å². The van der Waals surface area contributed by atoms with E-state index in [2.05, 4.69) is 25.8 Å². The molecule has 0 saturated heterocycles. The molecule has 1 aromatic carbocycles. The molecule has 1 unspecified atom stereocenters. The third kappa shape index (κ3) is 3.00. The zero-order valence-corrected chi connectivity index (χ0v) is 11.5. The molecule has 3 N–H and O–H groups in total. The monoisotopic (exact) mass is 281 g/mol. The largest absolute Gasteiger partial charge is 0.331 e. The summed E-state index contributed by atoms with van der Waals surface area (Å²) in [6.07, 6.45) is 5.13. The molecule has 2 amide bonds. The Balaban J connectivity index is 1.66. The quantitative estimate of drug-likeness (QED) is 0.690. The summed E-state index contributed by atoms with van der Waals surface area (Å²) in [5.41, 5.74) is 2.67. The van der Waals surface area contributed by atoms with Crippen molar-refractivity contribution in [2.75, 3.05) is 5.32 Å². The maximum absolute atomic E-state index is 12.0. The maximum Gasteiger partial charge on any atom is 0.319 e. The number of H-pyrrole nitrogens is 1. The van der Waals surface area contributed by atoms with Crippen molar-refractivity contribution >= 4 is 22.6 Å². The number of aromatic nitrogens is 3. The number of carbonyl (C=O) groups is 1. The second-order valence-electron chi connectivity index (χ2n) is 4.77. The molecule has 0 fully saturated rings. The van der Waals surface area contributed by atoms with Gasteiger partial charge in [0.1, 0.15) is 0 Å². The molecule has 3 rings (SSSR count). The molecule has 2 heterocycles. The van der Waals surface area contributed by atoms with Crippen LogP contribution in [0.4, 0.5) is 10.5 Å². The molecule has 21 heavy (non-hydrogen) atoms. The van der Waals surface area contributed by atoms with Crippen LogP contribution in [0.5, 0.6) is 0 Å².